The van der Waals surface area contributed by atoms with E-state index >= 15 is 0 Å². The van der Waals surface area contributed by atoms with E-state index in [2.05, 4.69) is 30.9 Å². The Kier molecular flexibility index (Phi) is 3.53. The molecular weight excluding hydrogens is 262 g/mol. The third-order valence-electron chi connectivity index (χ3n) is 4.23. The fourth-order valence-electron chi connectivity index (χ4n) is 3.21. The standard InChI is InChI=1S/C17H21N3O/c1-12-11-16(21)9-10-19(12)17-13(2)18-20(14(17)3)15-7-5-4-6-8-15/h4-8,12H,9-11H2,1-3H3. The van der Waals surface area contributed by atoms with Crippen LogP contribution in [0.15, 0.2) is 30.3 Å². The summed E-state index contributed by atoms with van der Waals surface area (Å²) in [6.45, 7) is 7.06. The maximum absolute atomic E-state index is 11.6. The zero-order valence-corrected chi connectivity index (χ0v) is 12.8. The van der Waals surface area contributed by atoms with Crippen LogP contribution in [0, 0.1) is 13.8 Å². The molecule has 0 N–H and O–H groups in total. The Morgan fingerprint density at radius 3 is 2.57 bits per heavy atom. The van der Waals surface area contributed by atoms with Gasteiger partial charge in [-0.25, -0.2) is 4.68 Å². The Morgan fingerprint density at radius 1 is 1.19 bits per heavy atom. The van der Waals surface area contributed by atoms with Gasteiger partial charge in [-0.1, -0.05) is 18.2 Å². The van der Waals surface area contributed by atoms with Crippen LogP contribution in [-0.4, -0.2) is 28.2 Å². The van der Waals surface area contributed by atoms with Gasteiger partial charge in [0.25, 0.3) is 0 Å². The summed E-state index contributed by atoms with van der Waals surface area (Å²) in [4.78, 5) is 13.9. The highest BCUT2D eigenvalue weighted by Gasteiger charge is 2.28. The molecule has 1 fully saturated rings. The molecule has 0 amide bonds. The molecule has 2 heterocycles. The third-order valence-corrected chi connectivity index (χ3v) is 4.23. The number of anilines is 1. The monoisotopic (exact) mass is 283 g/mol. The average Bonchev–Trinajstić information content (AvgIpc) is 2.76. The van der Waals surface area contributed by atoms with Crippen molar-refractivity contribution < 1.29 is 4.79 Å². The largest absolute Gasteiger partial charge is 0.365 e. The number of aryl methyl sites for hydroxylation is 1. The molecule has 21 heavy (non-hydrogen) atoms. The van der Waals surface area contributed by atoms with Crippen molar-refractivity contribution in [3.8, 4) is 5.69 Å². The Labute approximate surface area is 125 Å². The van der Waals surface area contributed by atoms with Gasteiger partial charge < -0.3 is 4.90 Å². The molecule has 0 bridgehead atoms. The number of Topliss-reactive ketones (excluding diaryl/α,β-unsaturated/α-hetero) is 1. The molecule has 1 aliphatic rings. The number of benzene rings is 1. The highest BCUT2D eigenvalue weighted by Crippen LogP contribution is 2.31. The second-order valence-electron chi connectivity index (χ2n) is 5.80. The minimum absolute atomic E-state index is 0.247. The van der Waals surface area contributed by atoms with E-state index < -0.39 is 0 Å². The minimum atomic E-state index is 0.247. The molecule has 2 aromatic rings. The minimum Gasteiger partial charge on any atom is -0.365 e. The van der Waals surface area contributed by atoms with Gasteiger partial charge in [-0.15, -0.1) is 0 Å². The van der Waals surface area contributed by atoms with E-state index in [0.717, 1.165) is 23.6 Å². The molecule has 0 spiro atoms. The molecule has 3 rings (SSSR count). The van der Waals surface area contributed by atoms with Gasteiger partial charge >= 0.3 is 0 Å². The molecule has 0 saturated carbocycles. The lowest BCUT2D eigenvalue weighted by atomic mass is 10.0. The number of aromatic nitrogens is 2. The van der Waals surface area contributed by atoms with Gasteiger partial charge in [-0.05, 0) is 32.9 Å². The number of rotatable bonds is 2. The van der Waals surface area contributed by atoms with Crippen molar-refractivity contribution >= 4 is 11.5 Å². The van der Waals surface area contributed by atoms with Crippen LogP contribution in [0.25, 0.3) is 5.69 Å². The van der Waals surface area contributed by atoms with Gasteiger partial charge in [-0.3, -0.25) is 4.79 Å². The predicted octanol–water partition coefficient (Wildman–Crippen LogP) is 3.05. The summed E-state index contributed by atoms with van der Waals surface area (Å²) in [5, 5.41) is 4.70. The number of ketones is 1. The van der Waals surface area contributed by atoms with E-state index in [1.807, 2.05) is 29.8 Å². The SMILES string of the molecule is Cc1nn(-c2ccccc2)c(C)c1N1CCC(=O)CC1C. The molecule has 1 aliphatic heterocycles. The highest BCUT2D eigenvalue weighted by molar-refractivity contribution is 5.82. The Balaban J connectivity index is 2.01. The van der Waals surface area contributed by atoms with Crippen molar-refractivity contribution in [3.05, 3.63) is 41.7 Å². The fourth-order valence-corrected chi connectivity index (χ4v) is 3.21. The number of para-hydroxylation sites is 1. The van der Waals surface area contributed by atoms with E-state index in [4.69, 9.17) is 5.10 Å². The summed E-state index contributed by atoms with van der Waals surface area (Å²) in [7, 11) is 0. The molecule has 1 unspecified atom stereocenters. The lowest BCUT2D eigenvalue weighted by Crippen LogP contribution is -2.41. The molecular formula is C17H21N3O. The van der Waals surface area contributed by atoms with Crippen LogP contribution in [0.4, 0.5) is 5.69 Å². The Hall–Kier alpha value is -2.10. The Bertz CT molecular complexity index is 660. The van der Waals surface area contributed by atoms with Crippen molar-refractivity contribution in [2.45, 2.75) is 39.7 Å². The third kappa shape index (κ3) is 2.46. The van der Waals surface area contributed by atoms with Crippen molar-refractivity contribution in [1.29, 1.82) is 0 Å². The van der Waals surface area contributed by atoms with Gasteiger partial charge in [0.05, 0.1) is 22.8 Å². The second kappa shape index (κ2) is 5.35. The van der Waals surface area contributed by atoms with Gasteiger partial charge in [0.15, 0.2) is 0 Å². The molecule has 1 aromatic heterocycles. The van der Waals surface area contributed by atoms with Crippen LogP contribution in [0.1, 0.15) is 31.2 Å². The van der Waals surface area contributed by atoms with E-state index in [1.165, 1.54) is 5.69 Å². The average molecular weight is 283 g/mol. The summed E-state index contributed by atoms with van der Waals surface area (Å²) >= 11 is 0. The maximum atomic E-state index is 11.6. The molecule has 4 nitrogen and oxygen atoms in total. The summed E-state index contributed by atoms with van der Waals surface area (Å²) in [6.07, 6.45) is 1.27. The lowest BCUT2D eigenvalue weighted by Gasteiger charge is -2.34. The number of hydrogen-bond acceptors (Lipinski definition) is 3. The molecule has 1 aromatic carbocycles. The maximum Gasteiger partial charge on any atom is 0.136 e. The number of carbonyl (C=O) groups is 1. The number of carbonyl (C=O) groups excluding carboxylic acids is 1. The summed E-state index contributed by atoms with van der Waals surface area (Å²) in [5.41, 5.74) is 4.42. The number of hydrogen-bond donors (Lipinski definition) is 0. The van der Waals surface area contributed by atoms with Crippen LogP contribution in [0.5, 0.6) is 0 Å². The van der Waals surface area contributed by atoms with E-state index in [9.17, 15) is 4.79 Å². The first-order valence-electron chi connectivity index (χ1n) is 7.48. The van der Waals surface area contributed by atoms with Crippen LogP contribution in [-0.2, 0) is 4.79 Å². The first kappa shape index (κ1) is 13.9. The normalized spacial score (nSPS) is 19.1. The van der Waals surface area contributed by atoms with Crippen molar-refractivity contribution in [1.82, 2.24) is 9.78 Å². The highest BCUT2D eigenvalue weighted by atomic mass is 16.1. The van der Waals surface area contributed by atoms with Crippen LogP contribution >= 0.6 is 0 Å². The van der Waals surface area contributed by atoms with Gasteiger partial charge in [0.2, 0.25) is 0 Å². The van der Waals surface area contributed by atoms with Gasteiger partial charge in [-0.2, -0.15) is 5.10 Å². The van der Waals surface area contributed by atoms with Gasteiger partial charge in [0, 0.05) is 25.4 Å². The van der Waals surface area contributed by atoms with E-state index in [-0.39, 0.29) is 6.04 Å². The number of piperidine rings is 1. The topological polar surface area (TPSA) is 38.1 Å². The zero-order valence-electron chi connectivity index (χ0n) is 12.8. The molecule has 1 saturated heterocycles. The van der Waals surface area contributed by atoms with E-state index in [0.29, 0.717) is 18.6 Å². The second-order valence-corrected chi connectivity index (χ2v) is 5.80. The van der Waals surface area contributed by atoms with Crippen molar-refractivity contribution in [3.63, 3.8) is 0 Å². The van der Waals surface area contributed by atoms with Crippen molar-refractivity contribution in [2.75, 3.05) is 11.4 Å². The predicted molar refractivity (Wildman–Crippen MR) is 84.1 cm³/mol. The van der Waals surface area contributed by atoms with Crippen molar-refractivity contribution in [2.24, 2.45) is 0 Å². The molecule has 0 aliphatic carbocycles. The first-order valence-corrected chi connectivity index (χ1v) is 7.48. The van der Waals surface area contributed by atoms with Gasteiger partial charge in [0.1, 0.15) is 5.78 Å². The molecule has 0 radical (unpaired) electrons. The molecule has 110 valence electrons. The van der Waals surface area contributed by atoms with Crippen LogP contribution in [0.2, 0.25) is 0 Å². The summed E-state index contributed by atoms with van der Waals surface area (Å²) in [6, 6.07) is 10.4. The van der Waals surface area contributed by atoms with Crippen LogP contribution < -0.4 is 4.90 Å². The molecule has 4 heteroatoms. The lowest BCUT2D eigenvalue weighted by molar-refractivity contribution is -0.120. The smallest absolute Gasteiger partial charge is 0.136 e. The number of nitrogens with zero attached hydrogens (tertiary/aromatic N) is 3. The zero-order chi connectivity index (χ0) is 15.0. The summed E-state index contributed by atoms with van der Waals surface area (Å²) in [5.74, 6) is 0.365. The summed E-state index contributed by atoms with van der Waals surface area (Å²) < 4.78 is 1.99. The fraction of sp³-hybridized carbons (Fsp3) is 0.412. The Morgan fingerprint density at radius 2 is 1.90 bits per heavy atom. The van der Waals surface area contributed by atoms with Crippen LogP contribution in [0.3, 0.4) is 0 Å². The molecule has 1 atom stereocenters. The first-order chi connectivity index (χ1) is 10.1. The quantitative estimate of drug-likeness (QED) is 0.850. The van der Waals surface area contributed by atoms with E-state index in [1.54, 1.807) is 0 Å².